The molecule has 0 radical (unpaired) electrons. The van der Waals surface area contributed by atoms with Gasteiger partial charge in [-0.3, -0.25) is 4.90 Å². The Morgan fingerprint density at radius 3 is 2.63 bits per heavy atom. The number of aromatic carboxylic acids is 1. The van der Waals surface area contributed by atoms with E-state index in [9.17, 15) is 9.90 Å². The highest BCUT2D eigenvalue weighted by atomic mass is 35.5. The maximum atomic E-state index is 11.3. The first-order valence-electron chi connectivity index (χ1n) is 11.7. The number of carbonyl (C=O) groups is 1. The van der Waals surface area contributed by atoms with Crippen LogP contribution in [0.15, 0.2) is 46.9 Å². The van der Waals surface area contributed by atoms with Crippen LogP contribution in [0.1, 0.15) is 30.0 Å². The van der Waals surface area contributed by atoms with Crippen molar-refractivity contribution in [3.63, 3.8) is 0 Å². The summed E-state index contributed by atoms with van der Waals surface area (Å²) in [7, 11) is 1.68. The van der Waals surface area contributed by atoms with Crippen LogP contribution in [0.2, 0.25) is 5.02 Å². The Kier molecular flexibility index (Phi) is 6.15. The SMILES string of the molecule is COc1ccc2c(c1)C(CN1CCN(c3ccc4oc(C(=O)O)cc4c3Cl)CC1)=CC(C)(C)CO2. The summed E-state index contributed by atoms with van der Waals surface area (Å²) in [4.78, 5) is 16.0. The number of nitrogens with zero attached hydrogens (tertiary/aromatic N) is 2. The van der Waals surface area contributed by atoms with Crippen molar-refractivity contribution >= 4 is 39.8 Å². The highest BCUT2D eigenvalue weighted by molar-refractivity contribution is 6.38. The Hall–Kier alpha value is -3.16. The zero-order valence-corrected chi connectivity index (χ0v) is 20.9. The molecule has 184 valence electrons. The molecule has 2 aliphatic rings. The van der Waals surface area contributed by atoms with E-state index in [0.717, 1.165) is 55.5 Å². The van der Waals surface area contributed by atoms with Crippen molar-refractivity contribution in [3.8, 4) is 11.5 Å². The Morgan fingerprint density at radius 2 is 1.91 bits per heavy atom. The number of piperazine rings is 1. The first-order valence-corrected chi connectivity index (χ1v) is 12.1. The Bertz CT molecular complexity index is 1300. The maximum Gasteiger partial charge on any atom is 0.371 e. The van der Waals surface area contributed by atoms with Gasteiger partial charge >= 0.3 is 5.97 Å². The maximum absolute atomic E-state index is 11.3. The fraction of sp³-hybridized carbons (Fsp3) is 0.370. The summed E-state index contributed by atoms with van der Waals surface area (Å²) in [6.45, 7) is 9.20. The molecule has 0 atom stereocenters. The summed E-state index contributed by atoms with van der Waals surface area (Å²) >= 11 is 6.68. The number of hydrogen-bond donors (Lipinski definition) is 1. The molecule has 5 rings (SSSR count). The van der Waals surface area contributed by atoms with Crippen molar-refractivity contribution in [1.82, 2.24) is 4.90 Å². The van der Waals surface area contributed by atoms with Gasteiger partial charge < -0.3 is 23.9 Å². The molecule has 1 saturated heterocycles. The van der Waals surface area contributed by atoms with Gasteiger partial charge in [0.15, 0.2) is 0 Å². The summed E-state index contributed by atoms with van der Waals surface area (Å²) in [6.07, 6.45) is 2.33. The first kappa shape index (κ1) is 23.6. The standard InChI is InChI=1S/C27H29ClN2O5/c1-27(2)14-17(19-12-18(33-3)4-6-22(19)34-16-27)15-29-8-10-30(11-9-29)21-5-7-23-20(25(21)28)13-24(35-23)26(31)32/h4-7,12-14H,8-11,15-16H2,1-3H3,(H,31,32). The van der Waals surface area contributed by atoms with E-state index < -0.39 is 5.97 Å². The first-order chi connectivity index (χ1) is 16.7. The van der Waals surface area contributed by atoms with Crippen molar-refractivity contribution in [2.24, 2.45) is 5.41 Å². The van der Waals surface area contributed by atoms with Gasteiger partial charge in [-0.2, -0.15) is 0 Å². The number of fused-ring (bicyclic) bond motifs is 2. The zero-order chi connectivity index (χ0) is 24.7. The van der Waals surface area contributed by atoms with Crippen LogP contribution in [0.4, 0.5) is 5.69 Å². The predicted octanol–water partition coefficient (Wildman–Crippen LogP) is 5.42. The fourth-order valence-corrected chi connectivity index (χ4v) is 5.13. The Labute approximate surface area is 209 Å². The van der Waals surface area contributed by atoms with Gasteiger partial charge in [0.2, 0.25) is 5.76 Å². The van der Waals surface area contributed by atoms with Crippen molar-refractivity contribution in [3.05, 3.63) is 58.8 Å². The van der Waals surface area contributed by atoms with E-state index in [1.54, 1.807) is 13.2 Å². The summed E-state index contributed by atoms with van der Waals surface area (Å²) in [5, 5.41) is 10.4. The predicted molar refractivity (Wildman–Crippen MR) is 137 cm³/mol. The number of ether oxygens (including phenoxy) is 2. The van der Waals surface area contributed by atoms with Crippen LogP contribution in [-0.2, 0) is 0 Å². The molecule has 1 fully saturated rings. The third-order valence-corrected chi connectivity index (χ3v) is 7.03. The lowest BCUT2D eigenvalue weighted by molar-refractivity contribution is 0.0665. The van der Waals surface area contributed by atoms with Gasteiger partial charge in [0, 0.05) is 55.2 Å². The lowest BCUT2D eigenvalue weighted by Crippen LogP contribution is -2.47. The van der Waals surface area contributed by atoms with Gasteiger partial charge in [-0.25, -0.2) is 4.79 Å². The number of hydrogen-bond acceptors (Lipinski definition) is 6. The number of furan rings is 1. The molecule has 0 amide bonds. The molecular weight excluding hydrogens is 468 g/mol. The molecule has 7 nitrogen and oxygen atoms in total. The third-order valence-electron chi connectivity index (χ3n) is 6.63. The number of halogens is 1. The second kappa shape index (κ2) is 9.13. The van der Waals surface area contributed by atoms with E-state index in [1.807, 2.05) is 18.2 Å². The molecule has 2 aromatic carbocycles. The summed E-state index contributed by atoms with van der Waals surface area (Å²) in [6, 6.07) is 11.2. The van der Waals surface area contributed by atoms with Crippen molar-refractivity contribution < 1.29 is 23.8 Å². The number of rotatable bonds is 5. The molecule has 0 unspecified atom stereocenters. The smallest absolute Gasteiger partial charge is 0.371 e. The monoisotopic (exact) mass is 496 g/mol. The molecule has 1 N–H and O–H groups in total. The van der Waals surface area contributed by atoms with E-state index in [4.69, 9.17) is 25.5 Å². The minimum absolute atomic E-state index is 0.0776. The zero-order valence-electron chi connectivity index (χ0n) is 20.1. The number of anilines is 1. The van der Waals surface area contributed by atoms with Gasteiger partial charge in [-0.1, -0.05) is 31.5 Å². The molecule has 3 aromatic rings. The average molecular weight is 497 g/mol. The molecule has 0 spiro atoms. The van der Waals surface area contributed by atoms with Gasteiger partial charge in [0.1, 0.15) is 17.1 Å². The molecule has 3 heterocycles. The second-order valence-corrected chi connectivity index (χ2v) is 10.2. The number of carboxylic acids is 1. The molecule has 0 bridgehead atoms. The summed E-state index contributed by atoms with van der Waals surface area (Å²) in [5.41, 5.74) is 3.63. The van der Waals surface area contributed by atoms with Crippen molar-refractivity contribution in [2.75, 3.05) is 51.3 Å². The van der Waals surface area contributed by atoms with Crippen molar-refractivity contribution in [2.45, 2.75) is 13.8 Å². The Balaban J connectivity index is 1.33. The normalized spacial score (nSPS) is 17.9. The van der Waals surface area contributed by atoms with E-state index in [-0.39, 0.29) is 11.2 Å². The number of carboxylic acid groups (broad SMARTS) is 1. The molecule has 1 aromatic heterocycles. The van der Waals surface area contributed by atoms with E-state index >= 15 is 0 Å². The van der Waals surface area contributed by atoms with Crippen molar-refractivity contribution in [1.29, 1.82) is 0 Å². The molecule has 8 heteroatoms. The average Bonchev–Trinajstić information content (AvgIpc) is 3.24. The Morgan fingerprint density at radius 1 is 1.14 bits per heavy atom. The summed E-state index contributed by atoms with van der Waals surface area (Å²) in [5.74, 6) is 0.498. The van der Waals surface area contributed by atoms with E-state index in [1.165, 1.54) is 11.6 Å². The highest BCUT2D eigenvalue weighted by Crippen LogP contribution is 2.39. The van der Waals surface area contributed by atoms with Crippen LogP contribution in [0, 0.1) is 5.41 Å². The topological polar surface area (TPSA) is 75.4 Å². The number of benzene rings is 2. The molecular formula is C27H29ClN2O5. The van der Waals surface area contributed by atoms with Gasteiger partial charge in [0.05, 0.1) is 24.4 Å². The van der Waals surface area contributed by atoms with Crippen LogP contribution >= 0.6 is 11.6 Å². The van der Waals surface area contributed by atoms with Crippen LogP contribution in [-0.4, -0.2) is 62.4 Å². The van der Waals surface area contributed by atoms with E-state index in [0.29, 0.717) is 22.6 Å². The van der Waals surface area contributed by atoms with Crippen LogP contribution in [0.3, 0.4) is 0 Å². The van der Waals surface area contributed by atoms with Gasteiger partial charge in [-0.05, 0) is 35.9 Å². The lowest BCUT2D eigenvalue weighted by atomic mass is 9.90. The van der Waals surface area contributed by atoms with Gasteiger partial charge in [-0.15, -0.1) is 0 Å². The molecule has 2 aliphatic heterocycles. The largest absolute Gasteiger partial charge is 0.497 e. The second-order valence-electron chi connectivity index (χ2n) is 9.80. The van der Waals surface area contributed by atoms with E-state index in [2.05, 4.69) is 35.8 Å². The van der Waals surface area contributed by atoms with Crippen LogP contribution in [0.5, 0.6) is 11.5 Å². The highest BCUT2D eigenvalue weighted by Gasteiger charge is 2.27. The van der Waals surface area contributed by atoms with Crippen LogP contribution in [0.25, 0.3) is 16.5 Å². The minimum Gasteiger partial charge on any atom is -0.497 e. The quantitative estimate of drug-likeness (QED) is 0.505. The molecule has 0 aliphatic carbocycles. The minimum atomic E-state index is -1.10. The lowest BCUT2D eigenvalue weighted by Gasteiger charge is -2.37. The number of methoxy groups -OCH3 is 1. The fourth-order valence-electron chi connectivity index (χ4n) is 4.80. The molecule has 35 heavy (non-hydrogen) atoms. The van der Waals surface area contributed by atoms with Gasteiger partial charge in [0.25, 0.3) is 0 Å². The summed E-state index contributed by atoms with van der Waals surface area (Å²) < 4.78 is 17.0. The third kappa shape index (κ3) is 4.70. The molecule has 0 saturated carbocycles. The van der Waals surface area contributed by atoms with Crippen LogP contribution < -0.4 is 14.4 Å².